The maximum absolute atomic E-state index is 11.6. The third-order valence-electron chi connectivity index (χ3n) is 2.25. The average Bonchev–Trinajstić information content (AvgIpc) is 2.19. The predicted molar refractivity (Wildman–Crippen MR) is 64.7 cm³/mol. The van der Waals surface area contributed by atoms with Gasteiger partial charge in [0.05, 0.1) is 10.5 Å². The van der Waals surface area contributed by atoms with Crippen molar-refractivity contribution in [3.63, 3.8) is 0 Å². The van der Waals surface area contributed by atoms with Gasteiger partial charge in [0.25, 0.3) is 5.69 Å². The van der Waals surface area contributed by atoms with Crippen LogP contribution in [0.5, 0.6) is 0 Å². The van der Waals surface area contributed by atoms with Crippen molar-refractivity contribution >= 4 is 17.3 Å². The zero-order valence-electron chi connectivity index (χ0n) is 9.98. The van der Waals surface area contributed by atoms with Crippen molar-refractivity contribution < 1.29 is 9.72 Å². The van der Waals surface area contributed by atoms with Gasteiger partial charge in [-0.15, -0.1) is 0 Å². The highest BCUT2D eigenvalue weighted by Crippen LogP contribution is 2.22. The molecule has 0 aliphatic rings. The molecular formula is C11H15N3O3. The number of nitrogens with zero attached hydrogens (tertiary/aromatic N) is 1. The number of hydrogen-bond acceptors (Lipinski definition) is 4. The number of aryl methyl sites for hydroxylation is 1. The molecule has 0 fully saturated rings. The summed E-state index contributed by atoms with van der Waals surface area (Å²) in [6, 6.07) is 4.50. The monoisotopic (exact) mass is 237 g/mol. The summed E-state index contributed by atoms with van der Waals surface area (Å²) in [5.41, 5.74) is 5.46. The van der Waals surface area contributed by atoms with E-state index in [1.807, 2.05) is 0 Å². The summed E-state index contributed by atoms with van der Waals surface area (Å²) >= 11 is 0. The minimum Gasteiger partial charge on any atom is -0.324 e. The summed E-state index contributed by atoms with van der Waals surface area (Å²) in [7, 11) is 0. The fraction of sp³-hybridized carbons (Fsp3) is 0.364. The van der Waals surface area contributed by atoms with Gasteiger partial charge in [-0.3, -0.25) is 14.9 Å². The molecule has 1 aromatic carbocycles. The molecule has 0 unspecified atom stereocenters. The molecule has 0 aliphatic carbocycles. The summed E-state index contributed by atoms with van der Waals surface area (Å²) in [6.07, 6.45) is 0. The molecule has 92 valence electrons. The van der Waals surface area contributed by atoms with Gasteiger partial charge in [0.2, 0.25) is 5.91 Å². The van der Waals surface area contributed by atoms with E-state index < -0.39 is 16.4 Å². The summed E-state index contributed by atoms with van der Waals surface area (Å²) in [6.45, 7) is 4.76. The number of carbonyl (C=O) groups is 1. The Labute approximate surface area is 99.0 Å². The first kappa shape index (κ1) is 13.1. The Morgan fingerprint density at radius 2 is 2.06 bits per heavy atom. The highest BCUT2D eigenvalue weighted by Gasteiger charge is 2.22. The maximum atomic E-state index is 11.6. The van der Waals surface area contributed by atoms with E-state index in [-0.39, 0.29) is 5.69 Å². The van der Waals surface area contributed by atoms with Crippen LogP contribution in [0.1, 0.15) is 19.4 Å². The quantitative estimate of drug-likeness (QED) is 0.615. The van der Waals surface area contributed by atoms with E-state index in [1.54, 1.807) is 32.9 Å². The lowest BCUT2D eigenvalue weighted by Crippen LogP contribution is -2.45. The van der Waals surface area contributed by atoms with Gasteiger partial charge in [0, 0.05) is 17.3 Å². The molecule has 0 aliphatic heterocycles. The van der Waals surface area contributed by atoms with Crippen LogP contribution in [0, 0.1) is 17.0 Å². The van der Waals surface area contributed by atoms with E-state index in [4.69, 9.17) is 5.73 Å². The van der Waals surface area contributed by atoms with Crippen LogP contribution in [0.15, 0.2) is 18.2 Å². The van der Waals surface area contributed by atoms with Crippen LogP contribution in [0.2, 0.25) is 0 Å². The number of nitro groups is 1. The first-order valence-electron chi connectivity index (χ1n) is 5.07. The second-order valence-electron chi connectivity index (χ2n) is 4.43. The molecule has 1 rings (SSSR count). The first-order chi connectivity index (χ1) is 7.71. The number of anilines is 1. The van der Waals surface area contributed by atoms with Crippen molar-refractivity contribution in [2.24, 2.45) is 5.73 Å². The second-order valence-corrected chi connectivity index (χ2v) is 4.43. The Kier molecular flexibility index (Phi) is 3.47. The lowest BCUT2D eigenvalue weighted by atomic mass is 10.1. The SMILES string of the molecule is Cc1ccc(NC(=O)C(C)(C)N)cc1[N+](=O)[O-]. The molecule has 0 saturated heterocycles. The van der Waals surface area contributed by atoms with Gasteiger partial charge in [-0.25, -0.2) is 0 Å². The van der Waals surface area contributed by atoms with Crippen molar-refractivity contribution in [1.29, 1.82) is 0 Å². The smallest absolute Gasteiger partial charge is 0.274 e. The number of amides is 1. The molecule has 0 radical (unpaired) electrons. The van der Waals surface area contributed by atoms with E-state index in [9.17, 15) is 14.9 Å². The zero-order chi connectivity index (χ0) is 13.2. The van der Waals surface area contributed by atoms with Gasteiger partial charge in [-0.05, 0) is 26.8 Å². The molecule has 0 spiro atoms. The van der Waals surface area contributed by atoms with Gasteiger partial charge in [0.1, 0.15) is 0 Å². The van der Waals surface area contributed by atoms with Crippen LogP contribution in [0.25, 0.3) is 0 Å². The highest BCUT2D eigenvalue weighted by molar-refractivity contribution is 5.97. The summed E-state index contributed by atoms with van der Waals surface area (Å²) in [5, 5.41) is 13.3. The number of nitrogens with one attached hydrogen (secondary N) is 1. The van der Waals surface area contributed by atoms with E-state index in [1.165, 1.54) is 6.07 Å². The fourth-order valence-corrected chi connectivity index (χ4v) is 1.18. The van der Waals surface area contributed by atoms with Crippen LogP contribution in [0.4, 0.5) is 11.4 Å². The normalized spacial score (nSPS) is 11.1. The van der Waals surface area contributed by atoms with Gasteiger partial charge in [-0.1, -0.05) is 6.07 Å². The van der Waals surface area contributed by atoms with Crippen LogP contribution in [-0.2, 0) is 4.79 Å². The lowest BCUT2D eigenvalue weighted by Gasteiger charge is -2.17. The van der Waals surface area contributed by atoms with Gasteiger partial charge >= 0.3 is 0 Å². The Morgan fingerprint density at radius 3 is 2.53 bits per heavy atom. The topological polar surface area (TPSA) is 98.3 Å². The Morgan fingerprint density at radius 1 is 1.47 bits per heavy atom. The van der Waals surface area contributed by atoms with Gasteiger partial charge in [0.15, 0.2) is 0 Å². The van der Waals surface area contributed by atoms with E-state index in [0.717, 1.165) is 0 Å². The van der Waals surface area contributed by atoms with Crippen molar-refractivity contribution in [3.05, 3.63) is 33.9 Å². The molecule has 1 amide bonds. The molecule has 0 saturated carbocycles. The molecule has 6 heteroatoms. The minimum absolute atomic E-state index is 0.0300. The molecule has 0 heterocycles. The molecule has 17 heavy (non-hydrogen) atoms. The van der Waals surface area contributed by atoms with Gasteiger partial charge < -0.3 is 11.1 Å². The maximum Gasteiger partial charge on any atom is 0.274 e. The Balaban J connectivity index is 2.98. The number of nitro benzene ring substituents is 1. The molecule has 0 bridgehead atoms. The number of hydrogen-bond donors (Lipinski definition) is 2. The van der Waals surface area contributed by atoms with Crippen molar-refractivity contribution in [2.75, 3.05) is 5.32 Å². The Hall–Kier alpha value is -1.95. The van der Waals surface area contributed by atoms with Crippen molar-refractivity contribution in [2.45, 2.75) is 26.3 Å². The highest BCUT2D eigenvalue weighted by atomic mass is 16.6. The summed E-state index contributed by atoms with van der Waals surface area (Å²) in [5.74, 6) is -0.393. The third kappa shape index (κ3) is 3.25. The molecule has 0 atom stereocenters. The number of nitrogens with two attached hydrogens (primary N) is 1. The van der Waals surface area contributed by atoms with Gasteiger partial charge in [-0.2, -0.15) is 0 Å². The number of rotatable bonds is 3. The average molecular weight is 237 g/mol. The van der Waals surface area contributed by atoms with Crippen LogP contribution >= 0.6 is 0 Å². The summed E-state index contributed by atoms with van der Waals surface area (Å²) < 4.78 is 0. The van der Waals surface area contributed by atoms with E-state index in [0.29, 0.717) is 11.3 Å². The standard InChI is InChI=1S/C11H15N3O3/c1-7-4-5-8(6-9(7)14(16)17)13-10(15)11(2,3)12/h4-6H,12H2,1-3H3,(H,13,15). The van der Waals surface area contributed by atoms with Crippen LogP contribution in [-0.4, -0.2) is 16.4 Å². The first-order valence-corrected chi connectivity index (χ1v) is 5.07. The second kappa shape index (κ2) is 4.50. The molecular weight excluding hydrogens is 222 g/mol. The zero-order valence-corrected chi connectivity index (χ0v) is 9.98. The van der Waals surface area contributed by atoms with Crippen LogP contribution < -0.4 is 11.1 Å². The molecule has 3 N–H and O–H groups in total. The van der Waals surface area contributed by atoms with Crippen LogP contribution in [0.3, 0.4) is 0 Å². The minimum atomic E-state index is -1.03. The van der Waals surface area contributed by atoms with Crippen molar-refractivity contribution in [3.8, 4) is 0 Å². The van der Waals surface area contributed by atoms with E-state index >= 15 is 0 Å². The third-order valence-corrected chi connectivity index (χ3v) is 2.25. The predicted octanol–water partition coefficient (Wildman–Crippen LogP) is 1.58. The number of carbonyl (C=O) groups excluding carboxylic acids is 1. The fourth-order valence-electron chi connectivity index (χ4n) is 1.18. The lowest BCUT2D eigenvalue weighted by molar-refractivity contribution is -0.385. The molecule has 6 nitrogen and oxygen atoms in total. The molecule has 0 aromatic heterocycles. The van der Waals surface area contributed by atoms with E-state index in [2.05, 4.69) is 5.32 Å². The Bertz CT molecular complexity index is 464. The summed E-state index contributed by atoms with van der Waals surface area (Å²) in [4.78, 5) is 21.8. The number of benzene rings is 1. The molecule has 1 aromatic rings. The van der Waals surface area contributed by atoms with Crippen molar-refractivity contribution in [1.82, 2.24) is 0 Å². The largest absolute Gasteiger partial charge is 0.324 e.